The Morgan fingerprint density at radius 3 is 2.75 bits per heavy atom. The Kier molecular flexibility index (Phi) is 5.22. The van der Waals surface area contributed by atoms with Crippen molar-refractivity contribution in [1.29, 1.82) is 0 Å². The molecule has 1 aromatic rings. The van der Waals surface area contributed by atoms with Gasteiger partial charge in [0.15, 0.2) is 0 Å². The zero-order chi connectivity index (χ0) is 12.0. The van der Waals surface area contributed by atoms with Gasteiger partial charge in [-0.3, -0.25) is 0 Å². The fraction of sp³-hybridized carbons (Fsp3) is 0.429. The molecule has 16 heavy (non-hydrogen) atoms. The molecule has 0 atom stereocenters. The minimum absolute atomic E-state index is 0.674. The van der Waals surface area contributed by atoms with Gasteiger partial charge in [-0.05, 0) is 50.5 Å². The van der Waals surface area contributed by atoms with Crippen LogP contribution in [0.1, 0.15) is 31.4 Å². The molecule has 0 fully saturated rings. The van der Waals surface area contributed by atoms with Gasteiger partial charge in [-0.25, -0.2) is 0 Å². The Hall–Kier alpha value is -1.13. The van der Waals surface area contributed by atoms with E-state index in [0.29, 0.717) is 6.61 Å². The topological polar surface area (TPSA) is 9.23 Å². The Morgan fingerprint density at radius 2 is 2.12 bits per heavy atom. The Labute approximate surface area is 103 Å². The van der Waals surface area contributed by atoms with Crippen molar-refractivity contribution >= 4 is 11.6 Å². The van der Waals surface area contributed by atoms with Gasteiger partial charge in [0.2, 0.25) is 0 Å². The summed E-state index contributed by atoms with van der Waals surface area (Å²) in [5, 5.41) is 0.794. The van der Waals surface area contributed by atoms with Crippen LogP contribution in [0, 0.1) is 18.8 Å². The van der Waals surface area contributed by atoms with E-state index in [-0.39, 0.29) is 0 Å². The van der Waals surface area contributed by atoms with Crippen molar-refractivity contribution in [3.8, 4) is 17.6 Å². The first-order valence-electron chi connectivity index (χ1n) is 5.50. The normalized spacial score (nSPS) is 9.50. The molecule has 0 aliphatic carbocycles. The number of rotatable bonds is 4. The Bertz CT molecular complexity index is 413. The van der Waals surface area contributed by atoms with E-state index in [9.17, 15) is 0 Å². The molecule has 1 nitrogen and oxygen atoms in total. The highest BCUT2D eigenvalue weighted by molar-refractivity contribution is 6.31. The molecule has 0 bridgehead atoms. The fourth-order valence-electron chi connectivity index (χ4n) is 1.50. The van der Waals surface area contributed by atoms with Crippen LogP contribution in [0.3, 0.4) is 0 Å². The van der Waals surface area contributed by atoms with Gasteiger partial charge in [0.1, 0.15) is 5.75 Å². The highest BCUT2D eigenvalue weighted by atomic mass is 35.5. The maximum atomic E-state index is 6.11. The standard InChI is InChI=1S/C14H17ClO/c1-4-6-7-8-12-10-13(15)11(3)9-14(12)16-5-2/h9-10H,5,7-8H2,1-3H3. The van der Waals surface area contributed by atoms with E-state index < -0.39 is 0 Å². The summed E-state index contributed by atoms with van der Waals surface area (Å²) in [7, 11) is 0. The first kappa shape index (κ1) is 12.9. The zero-order valence-electron chi connectivity index (χ0n) is 10.1. The second-order valence-electron chi connectivity index (χ2n) is 3.57. The molecular formula is C14H17ClO. The number of ether oxygens (including phenoxy) is 1. The summed E-state index contributed by atoms with van der Waals surface area (Å²) in [4.78, 5) is 0. The van der Waals surface area contributed by atoms with Crippen LogP contribution in [0.25, 0.3) is 0 Å². The van der Waals surface area contributed by atoms with Crippen molar-refractivity contribution in [3.63, 3.8) is 0 Å². The second-order valence-corrected chi connectivity index (χ2v) is 3.98. The van der Waals surface area contributed by atoms with Crippen molar-refractivity contribution in [3.05, 3.63) is 28.3 Å². The van der Waals surface area contributed by atoms with Crippen molar-refractivity contribution in [2.75, 3.05) is 6.61 Å². The summed E-state index contributed by atoms with van der Waals surface area (Å²) in [6, 6.07) is 3.99. The number of hydrogen-bond donors (Lipinski definition) is 0. The van der Waals surface area contributed by atoms with E-state index in [1.165, 1.54) is 0 Å². The molecule has 86 valence electrons. The van der Waals surface area contributed by atoms with E-state index >= 15 is 0 Å². The average molecular weight is 237 g/mol. The molecule has 0 unspecified atom stereocenters. The van der Waals surface area contributed by atoms with Crippen LogP contribution in [0.4, 0.5) is 0 Å². The summed E-state index contributed by atoms with van der Waals surface area (Å²) in [5.41, 5.74) is 2.19. The van der Waals surface area contributed by atoms with Crippen molar-refractivity contribution in [1.82, 2.24) is 0 Å². The molecule has 2 heteroatoms. The van der Waals surface area contributed by atoms with E-state index in [4.69, 9.17) is 16.3 Å². The van der Waals surface area contributed by atoms with E-state index in [1.807, 2.05) is 32.9 Å². The van der Waals surface area contributed by atoms with Gasteiger partial charge >= 0.3 is 0 Å². The molecule has 0 saturated heterocycles. The largest absolute Gasteiger partial charge is 0.494 e. The van der Waals surface area contributed by atoms with Gasteiger partial charge in [-0.15, -0.1) is 11.8 Å². The molecule has 1 rings (SSSR count). The van der Waals surface area contributed by atoms with Crippen molar-refractivity contribution < 1.29 is 4.74 Å². The van der Waals surface area contributed by atoms with Crippen molar-refractivity contribution in [2.45, 2.75) is 33.6 Å². The molecule has 1 aromatic carbocycles. The molecule has 0 N–H and O–H groups in total. The third-order valence-electron chi connectivity index (χ3n) is 2.34. The van der Waals surface area contributed by atoms with Crippen LogP contribution in [-0.4, -0.2) is 6.61 Å². The first-order valence-corrected chi connectivity index (χ1v) is 5.88. The minimum atomic E-state index is 0.674. The molecule has 0 amide bonds. The monoisotopic (exact) mass is 236 g/mol. The average Bonchev–Trinajstić information content (AvgIpc) is 2.25. The van der Waals surface area contributed by atoms with Crippen LogP contribution < -0.4 is 4.74 Å². The quantitative estimate of drug-likeness (QED) is 0.718. The fourth-order valence-corrected chi connectivity index (χ4v) is 1.69. The third-order valence-corrected chi connectivity index (χ3v) is 2.74. The lowest BCUT2D eigenvalue weighted by Gasteiger charge is -2.11. The number of halogens is 1. The van der Waals surface area contributed by atoms with Gasteiger partial charge in [0.25, 0.3) is 0 Å². The highest BCUT2D eigenvalue weighted by Crippen LogP contribution is 2.27. The van der Waals surface area contributed by atoms with Gasteiger partial charge in [-0.1, -0.05) is 11.6 Å². The van der Waals surface area contributed by atoms with Gasteiger partial charge < -0.3 is 4.74 Å². The lowest BCUT2D eigenvalue weighted by atomic mass is 10.1. The minimum Gasteiger partial charge on any atom is -0.494 e. The lowest BCUT2D eigenvalue weighted by Crippen LogP contribution is -1.98. The smallest absolute Gasteiger partial charge is 0.122 e. The third kappa shape index (κ3) is 3.47. The summed E-state index contributed by atoms with van der Waals surface area (Å²) in [5.74, 6) is 6.88. The first-order chi connectivity index (χ1) is 7.69. The molecule has 0 aromatic heterocycles. The van der Waals surface area contributed by atoms with Gasteiger partial charge in [0, 0.05) is 11.4 Å². The maximum absolute atomic E-state index is 6.11. The molecule has 0 aliphatic heterocycles. The lowest BCUT2D eigenvalue weighted by molar-refractivity contribution is 0.336. The number of hydrogen-bond acceptors (Lipinski definition) is 1. The summed E-state index contributed by atoms with van der Waals surface area (Å²) >= 11 is 6.11. The molecule has 0 radical (unpaired) electrons. The van der Waals surface area contributed by atoms with E-state index in [0.717, 1.165) is 34.7 Å². The van der Waals surface area contributed by atoms with Crippen molar-refractivity contribution in [2.24, 2.45) is 0 Å². The van der Waals surface area contributed by atoms with Gasteiger partial charge in [-0.2, -0.15) is 0 Å². The number of benzene rings is 1. The molecule has 0 spiro atoms. The van der Waals surface area contributed by atoms with Gasteiger partial charge in [0.05, 0.1) is 6.61 Å². The van der Waals surface area contributed by atoms with Crippen LogP contribution in [0.15, 0.2) is 12.1 Å². The van der Waals surface area contributed by atoms with Crippen LogP contribution in [0.2, 0.25) is 5.02 Å². The maximum Gasteiger partial charge on any atom is 0.122 e. The molecule has 0 heterocycles. The predicted molar refractivity (Wildman–Crippen MR) is 69.1 cm³/mol. The molecule has 0 aliphatic rings. The van der Waals surface area contributed by atoms with E-state index in [2.05, 4.69) is 11.8 Å². The predicted octanol–water partition coefficient (Wildman–Crippen LogP) is 4.00. The Balaban J connectivity index is 2.93. The second kappa shape index (κ2) is 6.45. The van der Waals surface area contributed by atoms with Crippen LogP contribution in [0.5, 0.6) is 5.75 Å². The zero-order valence-corrected chi connectivity index (χ0v) is 10.8. The van der Waals surface area contributed by atoms with Crippen LogP contribution in [-0.2, 0) is 6.42 Å². The summed E-state index contributed by atoms with van der Waals surface area (Å²) < 4.78 is 5.60. The SMILES string of the molecule is CC#CCCc1cc(Cl)c(C)cc1OCC. The van der Waals surface area contributed by atoms with E-state index in [1.54, 1.807) is 0 Å². The summed E-state index contributed by atoms with van der Waals surface area (Å²) in [6.07, 6.45) is 1.73. The molecule has 0 saturated carbocycles. The highest BCUT2D eigenvalue weighted by Gasteiger charge is 2.06. The van der Waals surface area contributed by atoms with Crippen LogP contribution >= 0.6 is 11.6 Å². The Morgan fingerprint density at radius 1 is 1.38 bits per heavy atom. The molecular weight excluding hydrogens is 220 g/mol. The summed E-state index contributed by atoms with van der Waals surface area (Å²) in [6.45, 7) is 6.50. The number of aryl methyl sites for hydroxylation is 2.